The lowest BCUT2D eigenvalue weighted by Crippen LogP contribution is -2.59. The van der Waals surface area contributed by atoms with Crippen LogP contribution in [-0.2, 0) is 6.54 Å². The smallest absolute Gasteiger partial charge is 0.200 e. The molecule has 3 aromatic rings. The highest BCUT2D eigenvalue weighted by Gasteiger charge is 2.51. The van der Waals surface area contributed by atoms with Gasteiger partial charge < -0.3 is 4.74 Å². The summed E-state index contributed by atoms with van der Waals surface area (Å²) in [5.74, 6) is 0.994. The van der Waals surface area contributed by atoms with E-state index in [0.717, 1.165) is 60.4 Å². The normalized spacial score (nSPS) is 21.6. The Labute approximate surface area is 196 Å². The van der Waals surface area contributed by atoms with E-state index < -0.39 is 5.72 Å². The highest BCUT2D eigenvalue weighted by atomic mass is 79.9. The van der Waals surface area contributed by atoms with Gasteiger partial charge in [-0.3, -0.25) is 9.88 Å². The van der Waals surface area contributed by atoms with Crippen LogP contribution in [0, 0.1) is 0 Å². The lowest BCUT2D eigenvalue weighted by atomic mass is 9.90. The van der Waals surface area contributed by atoms with Gasteiger partial charge in [-0.1, -0.05) is 52.3 Å². The summed E-state index contributed by atoms with van der Waals surface area (Å²) < 4.78 is 7.84. The van der Waals surface area contributed by atoms with Crippen molar-refractivity contribution in [3.8, 4) is 5.75 Å². The molecule has 0 bridgehead atoms. The van der Waals surface area contributed by atoms with Gasteiger partial charge in [-0.2, -0.15) is 5.10 Å². The van der Waals surface area contributed by atoms with Crippen molar-refractivity contribution in [2.75, 3.05) is 13.1 Å². The molecule has 6 rings (SSSR count). The fourth-order valence-electron chi connectivity index (χ4n) is 5.19. The Kier molecular flexibility index (Phi) is 5.00. The minimum absolute atomic E-state index is 0.187. The fraction of sp³-hybridized carbons (Fsp3) is 0.308. The van der Waals surface area contributed by atoms with E-state index in [0.29, 0.717) is 0 Å². The molecule has 1 saturated heterocycles. The number of fused-ring (bicyclic) bond motifs is 4. The largest absolute Gasteiger partial charge is 0.466 e. The molecule has 0 aliphatic carbocycles. The number of pyridine rings is 1. The maximum atomic E-state index is 6.77. The lowest BCUT2D eigenvalue weighted by Gasteiger charge is -2.51. The van der Waals surface area contributed by atoms with Gasteiger partial charge in [0.2, 0.25) is 5.72 Å². The molecule has 32 heavy (non-hydrogen) atoms. The van der Waals surface area contributed by atoms with E-state index in [4.69, 9.17) is 9.84 Å². The number of nitrogens with zero attached hydrogens (tertiary/aromatic N) is 4. The molecule has 1 atom stereocenters. The maximum absolute atomic E-state index is 6.77. The van der Waals surface area contributed by atoms with Gasteiger partial charge in [0.15, 0.2) is 0 Å². The molecule has 0 radical (unpaired) electrons. The molecule has 0 saturated carbocycles. The topological polar surface area (TPSA) is 41.0 Å². The number of aromatic nitrogens is 1. The molecule has 0 amide bonds. The van der Waals surface area contributed by atoms with E-state index in [2.05, 4.69) is 85.4 Å². The van der Waals surface area contributed by atoms with Crippen molar-refractivity contribution in [2.24, 2.45) is 5.10 Å². The number of ether oxygens (including phenoxy) is 1. The fourth-order valence-corrected chi connectivity index (χ4v) is 5.57. The number of rotatable bonds is 3. The number of hydrogen-bond acceptors (Lipinski definition) is 5. The lowest BCUT2D eigenvalue weighted by molar-refractivity contribution is -0.150. The van der Waals surface area contributed by atoms with E-state index in [1.165, 1.54) is 11.1 Å². The van der Waals surface area contributed by atoms with E-state index in [-0.39, 0.29) is 6.04 Å². The van der Waals surface area contributed by atoms with E-state index >= 15 is 0 Å². The first kappa shape index (κ1) is 19.9. The van der Waals surface area contributed by atoms with Crippen LogP contribution >= 0.6 is 15.9 Å². The zero-order valence-electron chi connectivity index (χ0n) is 17.8. The van der Waals surface area contributed by atoms with Crippen LogP contribution in [0.25, 0.3) is 0 Å². The Morgan fingerprint density at radius 1 is 1.03 bits per heavy atom. The first-order valence-electron chi connectivity index (χ1n) is 11.2. The van der Waals surface area contributed by atoms with Gasteiger partial charge in [-0.05, 0) is 29.8 Å². The highest BCUT2D eigenvalue weighted by molar-refractivity contribution is 9.10. The standard InChI is InChI=1S/C26H25BrN4O/c27-21-8-9-25-22(15-21)24-16-23(20-7-4-12-28-17-20)29-31(24)26(32-25)10-13-30(14-11-26)18-19-5-2-1-3-6-19/h1-9,12,15,17,24H,10-11,13-14,16,18H2/t24-/m0/s1. The minimum Gasteiger partial charge on any atom is -0.466 e. The molecular formula is C26H25BrN4O. The average molecular weight is 489 g/mol. The van der Waals surface area contributed by atoms with Crippen LogP contribution in [-0.4, -0.2) is 39.4 Å². The molecule has 162 valence electrons. The monoisotopic (exact) mass is 488 g/mol. The first-order chi connectivity index (χ1) is 15.7. The SMILES string of the molecule is Brc1ccc2c(c1)[C@@H]1CC(c3cccnc3)=NN1C1(CCN(Cc3ccccc3)CC1)O2. The van der Waals surface area contributed by atoms with Crippen molar-refractivity contribution in [1.82, 2.24) is 14.9 Å². The Hall–Kier alpha value is -2.70. The summed E-state index contributed by atoms with van der Waals surface area (Å²) >= 11 is 3.65. The molecule has 1 spiro atoms. The predicted molar refractivity (Wildman–Crippen MR) is 128 cm³/mol. The van der Waals surface area contributed by atoms with Gasteiger partial charge >= 0.3 is 0 Å². The molecule has 0 N–H and O–H groups in total. The Bertz CT molecular complexity index is 1140. The zero-order valence-corrected chi connectivity index (χ0v) is 19.4. The molecule has 4 heterocycles. The molecule has 3 aliphatic heterocycles. The molecule has 6 heteroatoms. The number of piperidine rings is 1. The summed E-state index contributed by atoms with van der Waals surface area (Å²) in [4.78, 5) is 6.84. The number of benzene rings is 2. The van der Waals surface area contributed by atoms with Crippen LogP contribution in [0.3, 0.4) is 0 Å². The van der Waals surface area contributed by atoms with Crippen LogP contribution in [0.2, 0.25) is 0 Å². The van der Waals surface area contributed by atoms with Gasteiger partial charge in [0.05, 0.1) is 11.8 Å². The van der Waals surface area contributed by atoms with Gasteiger partial charge in [-0.25, -0.2) is 5.01 Å². The molecular weight excluding hydrogens is 464 g/mol. The first-order valence-corrected chi connectivity index (χ1v) is 12.0. The Morgan fingerprint density at radius 2 is 1.88 bits per heavy atom. The summed E-state index contributed by atoms with van der Waals surface area (Å²) in [7, 11) is 0. The summed E-state index contributed by atoms with van der Waals surface area (Å²) in [5.41, 5.74) is 4.35. The van der Waals surface area contributed by atoms with Crippen LogP contribution in [0.15, 0.2) is 82.6 Å². The molecule has 1 aromatic heterocycles. The molecule has 2 aromatic carbocycles. The van der Waals surface area contributed by atoms with Gasteiger partial charge in [0.25, 0.3) is 0 Å². The van der Waals surface area contributed by atoms with Crippen LogP contribution in [0.4, 0.5) is 0 Å². The quantitative estimate of drug-likeness (QED) is 0.496. The van der Waals surface area contributed by atoms with Crippen LogP contribution in [0.5, 0.6) is 5.75 Å². The second-order valence-electron chi connectivity index (χ2n) is 8.85. The van der Waals surface area contributed by atoms with Crippen molar-refractivity contribution < 1.29 is 4.74 Å². The predicted octanol–water partition coefficient (Wildman–Crippen LogP) is 5.38. The highest BCUT2D eigenvalue weighted by Crippen LogP contribution is 2.50. The number of hydrogen-bond donors (Lipinski definition) is 0. The Balaban J connectivity index is 1.31. The second kappa shape index (κ2) is 8.01. The molecule has 5 nitrogen and oxygen atoms in total. The van der Waals surface area contributed by atoms with Crippen molar-refractivity contribution in [3.05, 3.63) is 94.2 Å². The van der Waals surface area contributed by atoms with Crippen LogP contribution < -0.4 is 4.74 Å². The third kappa shape index (κ3) is 3.51. The number of hydrazone groups is 1. The Morgan fingerprint density at radius 3 is 2.66 bits per heavy atom. The van der Waals surface area contributed by atoms with Crippen molar-refractivity contribution in [2.45, 2.75) is 37.6 Å². The van der Waals surface area contributed by atoms with Crippen molar-refractivity contribution >= 4 is 21.6 Å². The number of likely N-dealkylation sites (tertiary alicyclic amines) is 1. The maximum Gasteiger partial charge on any atom is 0.200 e. The molecule has 1 fully saturated rings. The van der Waals surface area contributed by atoms with Crippen molar-refractivity contribution in [3.63, 3.8) is 0 Å². The third-order valence-corrected chi connectivity index (χ3v) is 7.33. The van der Waals surface area contributed by atoms with Gasteiger partial charge in [0, 0.05) is 66.9 Å². The zero-order chi connectivity index (χ0) is 21.5. The second-order valence-corrected chi connectivity index (χ2v) is 9.76. The van der Waals surface area contributed by atoms with E-state index in [9.17, 15) is 0 Å². The van der Waals surface area contributed by atoms with Gasteiger partial charge in [-0.15, -0.1) is 0 Å². The average Bonchev–Trinajstić information content (AvgIpc) is 3.30. The van der Waals surface area contributed by atoms with Crippen molar-refractivity contribution in [1.29, 1.82) is 0 Å². The van der Waals surface area contributed by atoms with Crippen LogP contribution in [0.1, 0.15) is 42.0 Å². The summed E-state index contributed by atoms with van der Waals surface area (Å²) in [6.45, 7) is 2.96. The third-order valence-electron chi connectivity index (χ3n) is 6.84. The molecule has 3 aliphatic rings. The van der Waals surface area contributed by atoms with E-state index in [1.54, 1.807) is 0 Å². The minimum atomic E-state index is -0.400. The summed E-state index contributed by atoms with van der Waals surface area (Å²) in [6.07, 6.45) is 6.44. The summed E-state index contributed by atoms with van der Waals surface area (Å²) in [5, 5.41) is 7.41. The molecule has 0 unspecified atom stereocenters. The van der Waals surface area contributed by atoms with Gasteiger partial charge in [0.1, 0.15) is 5.75 Å². The number of halogens is 1. The summed E-state index contributed by atoms with van der Waals surface area (Å²) in [6, 6.07) is 21.3. The van der Waals surface area contributed by atoms with E-state index in [1.807, 2.05) is 18.5 Å².